The first-order valence-corrected chi connectivity index (χ1v) is 6.01. The third kappa shape index (κ3) is 2.97. The summed E-state index contributed by atoms with van der Waals surface area (Å²) in [6.45, 7) is 0. The number of halogens is 13. The van der Waals surface area contributed by atoms with Gasteiger partial charge in [-0.2, -0.15) is 39.5 Å². The number of carboxylic acid groups (broad SMARTS) is 1. The Bertz CT molecular complexity index is 661. The summed E-state index contributed by atoms with van der Waals surface area (Å²) in [5.41, 5.74) is -7.92. The molecule has 158 valence electrons. The van der Waals surface area contributed by atoms with E-state index in [9.17, 15) is 62.3 Å². The third-order valence-electron chi connectivity index (χ3n) is 3.02. The van der Waals surface area contributed by atoms with Crippen molar-refractivity contribution in [3.63, 3.8) is 0 Å². The second-order valence-corrected chi connectivity index (χ2v) is 5.11. The van der Waals surface area contributed by atoms with Crippen LogP contribution in [-0.2, 0) is 9.59 Å². The first kappa shape index (κ1) is 25.1. The minimum atomic E-state index is -7.92. The van der Waals surface area contributed by atoms with Gasteiger partial charge in [0.25, 0.3) is 0 Å². The Balaban J connectivity index is 7.30. The van der Waals surface area contributed by atoms with E-state index in [4.69, 9.17) is 10.2 Å². The van der Waals surface area contributed by atoms with E-state index < -0.39 is 58.6 Å². The molecule has 0 saturated heterocycles. The van der Waals surface area contributed by atoms with E-state index >= 15 is 0 Å². The predicted octanol–water partition coefficient (Wildman–Crippen LogP) is 4.09. The highest BCUT2D eigenvalue weighted by Crippen LogP contribution is 2.63. The topological polar surface area (TPSA) is 74.6 Å². The maximum absolute atomic E-state index is 14.1. The van der Waals surface area contributed by atoms with E-state index in [0.717, 1.165) is 0 Å². The number of alkyl halides is 11. The molecule has 0 aromatic heterocycles. The molecule has 0 bridgehead atoms. The maximum Gasteiger partial charge on any atom is 0.395 e. The molecule has 0 aliphatic rings. The lowest BCUT2D eigenvalue weighted by Crippen LogP contribution is -2.76. The van der Waals surface area contributed by atoms with Crippen LogP contribution in [0.5, 0.6) is 0 Å². The highest BCUT2D eigenvalue weighted by Gasteiger charge is 2.93. The van der Waals surface area contributed by atoms with Crippen molar-refractivity contribution in [1.82, 2.24) is 0 Å². The van der Waals surface area contributed by atoms with Gasteiger partial charge in [-0.15, -0.1) is 0 Å². The Morgan fingerprint density at radius 3 is 1.41 bits per heavy atom. The van der Waals surface area contributed by atoms with E-state index in [1.54, 1.807) is 0 Å². The molecule has 2 unspecified atom stereocenters. The molecule has 0 aliphatic carbocycles. The lowest BCUT2D eigenvalue weighted by molar-refractivity contribution is -0.348. The van der Waals surface area contributed by atoms with Crippen molar-refractivity contribution in [2.45, 2.75) is 34.5 Å². The zero-order chi connectivity index (χ0) is 22.4. The number of aliphatic hydroxyl groups excluding tert-OH is 1. The second kappa shape index (κ2) is 6.63. The number of hydrogen-bond donors (Lipinski definition) is 2. The molecule has 2 atom stereocenters. The van der Waals surface area contributed by atoms with Crippen LogP contribution in [0.15, 0.2) is 12.1 Å². The van der Waals surface area contributed by atoms with Gasteiger partial charge in [-0.25, -0.2) is 18.0 Å². The minimum Gasteiger partial charge on any atom is -0.513 e. The summed E-state index contributed by atoms with van der Waals surface area (Å²) in [4.78, 5) is 20.1. The number of carbonyl (C=O) groups is 2. The average molecular weight is 451 g/mol. The van der Waals surface area contributed by atoms with Crippen molar-refractivity contribution in [2.75, 3.05) is 0 Å². The number of allylic oxidation sites excluding steroid dienone is 1. The highest BCUT2D eigenvalue weighted by molar-refractivity contribution is 6.26. The summed E-state index contributed by atoms with van der Waals surface area (Å²) in [7, 11) is 0. The lowest BCUT2D eigenvalue weighted by atomic mass is 9.79. The number of aliphatic hydroxyl groups is 1. The largest absolute Gasteiger partial charge is 0.513 e. The van der Waals surface area contributed by atoms with Crippen molar-refractivity contribution >= 4 is 23.6 Å². The van der Waals surface area contributed by atoms with Gasteiger partial charge in [0, 0.05) is 0 Å². The van der Waals surface area contributed by atoms with Crippen molar-refractivity contribution < 1.29 is 72.5 Å². The van der Waals surface area contributed by atoms with Crippen molar-refractivity contribution in [3.05, 3.63) is 12.1 Å². The van der Waals surface area contributed by atoms with Gasteiger partial charge in [0.2, 0.25) is 5.83 Å². The molecule has 0 aromatic carbocycles. The van der Waals surface area contributed by atoms with Crippen LogP contribution in [0, 0.1) is 0 Å². The molecule has 0 radical (unpaired) electrons. The quantitative estimate of drug-likeness (QED) is 0.253. The molecular weight excluding hydrogens is 448 g/mol. The summed E-state index contributed by atoms with van der Waals surface area (Å²) in [6, 6.07) is -4.76. The summed E-state index contributed by atoms with van der Waals surface area (Å²) in [6.07, 6.45) is -1.69. The summed E-state index contributed by atoms with van der Waals surface area (Å²) in [5, 5.41) is 8.79. The van der Waals surface area contributed by atoms with Crippen molar-refractivity contribution in [3.8, 4) is 0 Å². The molecule has 0 heterocycles. The molecule has 17 heteroatoms. The van der Waals surface area contributed by atoms with Crippen LogP contribution in [0.2, 0.25) is 0 Å². The number of rotatable bonds is 8. The van der Waals surface area contributed by atoms with Gasteiger partial charge in [0.1, 0.15) is 6.26 Å². The smallest absolute Gasteiger partial charge is 0.395 e. The van der Waals surface area contributed by atoms with Gasteiger partial charge in [-0.05, 0) is 0 Å². The van der Waals surface area contributed by atoms with E-state index in [1.165, 1.54) is 0 Å². The number of carboxylic acids is 1. The van der Waals surface area contributed by atoms with Gasteiger partial charge in [-0.1, -0.05) is 11.6 Å². The van der Waals surface area contributed by atoms with Gasteiger partial charge in [0.15, 0.2) is 0 Å². The van der Waals surface area contributed by atoms with E-state index in [2.05, 4.69) is 11.6 Å². The molecule has 27 heavy (non-hydrogen) atoms. The molecular formula is C10H3ClF12O4. The Kier molecular flexibility index (Phi) is 6.17. The number of aliphatic carboxylic acids is 1. The normalized spacial score (nSPS) is 19.2. The van der Waals surface area contributed by atoms with Crippen LogP contribution in [-0.4, -0.2) is 56.7 Å². The molecule has 0 aromatic rings. The fraction of sp³-hybridized carbons (Fsp3) is 0.600. The van der Waals surface area contributed by atoms with Crippen LogP contribution in [0.1, 0.15) is 0 Å². The van der Waals surface area contributed by atoms with Crippen LogP contribution in [0.25, 0.3) is 0 Å². The first-order valence-electron chi connectivity index (χ1n) is 5.64. The maximum atomic E-state index is 14.1. The zero-order valence-electron chi connectivity index (χ0n) is 11.7. The molecule has 0 amide bonds. The summed E-state index contributed by atoms with van der Waals surface area (Å²) >= 11 is 3.77. The first-order chi connectivity index (χ1) is 11.6. The van der Waals surface area contributed by atoms with Gasteiger partial charge in [0.05, 0.1) is 0 Å². The SMILES string of the molecule is O=C(O)C(F)(F)C(F)(Cl)C(F)(F)C(F)(C(F)(F)C(=O)F)C(F)(F)/C(F)=C\O. The molecule has 0 fully saturated rings. The Morgan fingerprint density at radius 1 is 0.778 bits per heavy atom. The van der Waals surface area contributed by atoms with Gasteiger partial charge >= 0.3 is 46.5 Å². The highest BCUT2D eigenvalue weighted by atomic mass is 35.5. The number of hydrogen-bond acceptors (Lipinski definition) is 3. The van der Waals surface area contributed by atoms with Crippen molar-refractivity contribution in [1.29, 1.82) is 0 Å². The molecule has 2 N–H and O–H groups in total. The van der Waals surface area contributed by atoms with Crippen molar-refractivity contribution in [2.24, 2.45) is 0 Å². The molecule has 0 saturated carbocycles. The third-order valence-corrected chi connectivity index (χ3v) is 3.49. The predicted molar refractivity (Wildman–Crippen MR) is 58.9 cm³/mol. The fourth-order valence-electron chi connectivity index (χ4n) is 1.52. The van der Waals surface area contributed by atoms with Crippen LogP contribution in [0.3, 0.4) is 0 Å². The van der Waals surface area contributed by atoms with E-state index in [0.29, 0.717) is 0 Å². The monoisotopic (exact) mass is 450 g/mol. The Labute approximate surface area is 144 Å². The standard InChI is InChI=1S/C10H3ClF12O4/c11-9(21,7(18,19)4(26)27)10(22,23)8(20,6(16,17)3(13)25)5(14,15)2(12)1-24/h1,24H,(H,26,27)/b2-1+. The van der Waals surface area contributed by atoms with Crippen LogP contribution in [0.4, 0.5) is 52.7 Å². The molecule has 0 rings (SSSR count). The van der Waals surface area contributed by atoms with Gasteiger partial charge in [-0.3, -0.25) is 4.79 Å². The minimum absolute atomic E-state index is 1.69. The Morgan fingerprint density at radius 2 is 1.15 bits per heavy atom. The molecule has 0 spiro atoms. The fourth-order valence-corrected chi connectivity index (χ4v) is 1.73. The second-order valence-electron chi connectivity index (χ2n) is 4.59. The summed E-state index contributed by atoms with van der Waals surface area (Å²) < 4.78 is 160. The zero-order valence-corrected chi connectivity index (χ0v) is 12.5. The van der Waals surface area contributed by atoms with Gasteiger partial charge < -0.3 is 10.2 Å². The summed E-state index contributed by atoms with van der Waals surface area (Å²) in [5.74, 6) is -37.6. The van der Waals surface area contributed by atoms with Crippen LogP contribution >= 0.6 is 11.6 Å². The van der Waals surface area contributed by atoms with E-state index in [-0.39, 0.29) is 0 Å². The lowest BCUT2D eigenvalue weighted by Gasteiger charge is -2.44. The number of carbonyl (C=O) groups excluding carboxylic acids is 1. The molecule has 4 nitrogen and oxygen atoms in total. The average Bonchev–Trinajstić information content (AvgIpc) is 2.51. The molecule has 0 aliphatic heterocycles. The Hall–Kier alpha value is -1.87. The van der Waals surface area contributed by atoms with Crippen LogP contribution < -0.4 is 0 Å². The van der Waals surface area contributed by atoms with E-state index in [1.807, 2.05) is 0 Å².